The second-order valence-electron chi connectivity index (χ2n) is 8.26. The molecule has 2 aromatic rings. The highest BCUT2D eigenvalue weighted by Gasteiger charge is 2.38. The number of ether oxygens (including phenoxy) is 1. The molecule has 1 aliphatic heterocycles. The van der Waals surface area contributed by atoms with E-state index >= 15 is 0 Å². The van der Waals surface area contributed by atoms with E-state index in [2.05, 4.69) is 35.9 Å². The number of fused-ring (bicyclic) bond motifs is 1. The molecule has 3 heterocycles. The molecule has 1 aliphatic carbocycles. The van der Waals surface area contributed by atoms with Gasteiger partial charge in [-0.1, -0.05) is 0 Å². The Kier molecular flexibility index (Phi) is 5.99. The second kappa shape index (κ2) is 8.61. The lowest BCUT2D eigenvalue weighted by atomic mass is 9.87. The van der Waals surface area contributed by atoms with Gasteiger partial charge >= 0.3 is 6.18 Å². The number of anilines is 4. The Morgan fingerprint density at radius 2 is 1.88 bits per heavy atom. The number of halogens is 3. The topological polar surface area (TPSA) is 117 Å². The number of methoxy groups -OCH3 is 1. The minimum atomic E-state index is -4.51. The van der Waals surface area contributed by atoms with Crippen LogP contribution in [-0.4, -0.2) is 64.2 Å². The van der Waals surface area contributed by atoms with E-state index in [1.54, 1.807) is 26.0 Å². The van der Waals surface area contributed by atoms with Gasteiger partial charge in [0.15, 0.2) is 11.5 Å². The predicted octanol–water partition coefficient (Wildman–Crippen LogP) is 2.44. The lowest BCUT2D eigenvalue weighted by Gasteiger charge is -2.38. The van der Waals surface area contributed by atoms with Crippen molar-refractivity contribution in [1.82, 2.24) is 19.9 Å². The highest BCUT2D eigenvalue weighted by molar-refractivity contribution is 6.03. The first kappa shape index (κ1) is 23.0. The molecular weight excluding hydrogens is 441 g/mol. The van der Waals surface area contributed by atoms with E-state index in [1.165, 1.54) is 0 Å². The third-order valence-corrected chi connectivity index (χ3v) is 5.92. The van der Waals surface area contributed by atoms with E-state index in [-0.39, 0.29) is 24.1 Å². The van der Waals surface area contributed by atoms with Crippen LogP contribution in [0.3, 0.4) is 0 Å². The third-order valence-electron chi connectivity index (χ3n) is 5.92. The van der Waals surface area contributed by atoms with E-state index in [9.17, 15) is 18.0 Å². The van der Waals surface area contributed by atoms with Crippen LogP contribution < -0.4 is 20.9 Å². The zero-order valence-electron chi connectivity index (χ0n) is 18.6. The zero-order valence-corrected chi connectivity index (χ0v) is 18.6. The number of nitrogens with zero attached hydrogens (tertiary/aromatic N) is 5. The molecule has 0 spiro atoms. The van der Waals surface area contributed by atoms with Crippen molar-refractivity contribution in [3.63, 3.8) is 0 Å². The van der Waals surface area contributed by atoms with Gasteiger partial charge in [0, 0.05) is 26.2 Å². The average Bonchev–Trinajstić information content (AvgIpc) is 2.72. The van der Waals surface area contributed by atoms with Crippen molar-refractivity contribution in [2.24, 2.45) is 0 Å². The van der Waals surface area contributed by atoms with Gasteiger partial charge in [0.2, 0.25) is 11.9 Å². The van der Waals surface area contributed by atoms with Crippen LogP contribution in [0.4, 0.5) is 36.4 Å². The first-order chi connectivity index (χ1) is 15.6. The largest absolute Gasteiger partial charge is 0.434 e. The summed E-state index contributed by atoms with van der Waals surface area (Å²) in [4.78, 5) is 30.6. The Morgan fingerprint density at radius 3 is 2.48 bits per heavy atom. The highest BCUT2D eigenvalue weighted by atomic mass is 19.4. The number of hydrogen-bond acceptors (Lipinski definition) is 9. The normalized spacial score (nSPS) is 23.3. The zero-order chi connectivity index (χ0) is 23.9. The van der Waals surface area contributed by atoms with Crippen molar-refractivity contribution >= 4 is 29.2 Å². The van der Waals surface area contributed by atoms with E-state index in [4.69, 9.17) is 4.74 Å². The number of carbonyl (C=O) groups excluding carboxylic acids is 1. The molecule has 4 rings (SSSR count). The quantitative estimate of drug-likeness (QED) is 0.590. The first-order valence-corrected chi connectivity index (χ1v) is 10.4. The molecule has 33 heavy (non-hydrogen) atoms. The number of rotatable bonds is 6. The molecule has 1 fully saturated rings. The van der Waals surface area contributed by atoms with Gasteiger partial charge in [-0.05, 0) is 26.7 Å². The van der Waals surface area contributed by atoms with Crippen LogP contribution in [0, 0.1) is 6.92 Å². The molecule has 0 aromatic carbocycles. The fraction of sp³-hybridized carbons (Fsp3) is 0.550. The van der Waals surface area contributed by atoms with Crippen molar-refractivity contribution in [1.29, 1.82) is 0 Å². The van der Waals surface area contributed by atoms with E-state index in [1.807, 2.05) is 6.92 Å². The summed E-state index contributed by atoms with van der Waals surface area (Å²) in [6.07, 6.45) is -1.63. The van der Waals surface area contributed by atoms with Crippen molar-refractivity contribution in [3.05, 3.63) is 23.8 Å². The van der Waals surface area contributed by atoms with Crippen LogP contribution in [0.5, 0.6) is 0 Å². The average molecular weight is 466 g/mol. The van der Waals surface area contributed by atoms with E-state index in [0.717, 1.165) is 6.20 Å². The van der Waals surface area contributed by atoms with Crippen LogP contribution in [0.25, 0.3) is 0 Å². The maximum absolute atomic E-state index is 12.6. The van der Waals surface area contributed by atoms with Crippen LogP contribution in [0.1, 0.15) is 31.2 Å². The standard InChI is InChI=1S/C20H25F3N8O2/c1-9-15-17(31(3)16(10(2)33-4)18(32)29-15)30-19(26-9)28-12-5-11(6-12)27-14-8-24-13(7-25-14)20(21,22)23/h7-8,10-12,16H,5-6H2,1-4H3,(H,25,27)(H,29,32)(H,26,28,30)/t10?,11?,12?,16-/m0/s1. The fourth-order valence-electron chi connectivity index (χ4n) is 3.98. The molecule has 0 bridgehead atoms. The van der Waals surface area contributed by atoms with Crippen LogP contribution >= 0.6 is 0 Å². The molecule has 2 aromatic heterocycles. The number of likely N-dealkylation sites (N-methyl/N-ethyl adjacent to an activating group) is 1. The van der Waals surface area contributed by atoms with Gasteiger partial charge in [-0.2, -0.15) is 18.2 Å². The molecule has 13 heteroatoms. The van der Waals surface area contributed by atoms with Gasteiger partial charge in [-0.3, -0.25) is 4.79 Å². The molecule has 0 radical (unpaired) electrons. The molecule has 2 atom stereocenters. The van der Waals surface area contributed by atoms with Gasteiger partial charge in [-0.15, -0.1) is 0 Å². The Balaban J connectivity index is 1.38. The molecule has 10 nitrogen and oxygen atoms in total. The summed E-state index contributed by atoms with van der Waals surface area (Å²) in [7, 11) is 3.35. The van der Waals surface area contributed by atoms with Gasteiger partial charge < -0.3 is 25.6 Å². The predicted molar refractivity (Wildman–Crippen MR) is 115 cm³/mol. The van der Waals surface area contributed by atoms with Crippen LogP contribution in [0.2, 0.25) is 0 Å². The van der Waals surface area contributed by atoms with E-state index in [0.29, 0.717) is 48.0 Å². The number of aryl methyl sites for hydroxylation is 1. The lowest BCUT2D eigenvalue weighted by molar-refractivity contribution is -0.141. The summed E-state index contributed by atoms with van der Waals surface area (Å²) >= 11 is 0. The minimum Gasteiger partial charge on any atom is -0.379 e. The number of amides is 1. The molecule has 178 valence electrons. The molecule has 1 saturated carbocycles. The number of hydrogen-bond donors (Lipinski definition) is 3. The first-order valence-electron chi connectivity index (χ1n) is 10.4. The van der Waals surface area contributed by atoms with Gasteiger partial charge in [0.05, 0.1) is 24.2 Å². The van der Waals surface area contributed by atoms with Crippen molar-refractivity contribution in [2.45, 2.75) is 57.1 Å². The Morgan fingerprint density at radius 1 is 1.18 bits per heavy atom. The third kappa shape index (κ3) is 4.63. The summed E-state index contributed by atoms with van der Waals surface area (Å²) in [5, 5.41) is 9.24. The number of aromatic nitrogens is 4. The summed E-state index contributed by atoms with van der Waals surface area (Å²) in [5.41, 5.74) is 0.186. The van der Waals surface area contributed by atoms with Gasteiger partial charge in [0.1, 0.15) is 17.5 Å². The SMILES string of the molecule is COC(C)[C@H]1C(=O)Nc2c(C)nc(NC3CC(Nc4cnc(C(F)(F)F)cn4)C3)nc2N1C. The molecule has 1 amide bonds. The molecule has 2 aliphatic rings. The van der Waals surface area contributed by atoms with Crippen molar-refractivity contribution < 1.29 is 22.7 Å². The van der Waals surface area contributed by atoms with Gasteiger partial charge in [0.25, 0.3) is 0 Å². The minimum absolute atomic E-state index is 0.0427. The highest BCUT2D eigenvalue weighted by Crippen LogP contribution is 2.34. The Labute approximate surface area is 188 Å². The summed E-state index contributed by atoms with van der Waals surface area (Å²) in [6, 6.07) is -0.396. The number of alkyl halides is 3. The molecule has 1 unspecified atom stereocenters. The summed E-state index contributed by atoms with van der Waals surface area (Å²) in [5.74, 6) is 1.16. The second-order valence-corrected chi connectivity index (χ2v) is 8.26. The maximum Gasteiger partial charge on any atom is 0.434 e. The number of nitrogens with one attached hydrogen (secondary N) is 3. The molecule has 3 N–H and O–H groups in total. The van der Waals surface area contributed by atoms with Crippen molar-refractivity contribution in [2.75, 3.05) is 35.0 Å². The number of carbonyl (C=O) groups is 1. The van der Waals surface area contributed by atoms with Crippen LogP contribution in [-0.2, 0) is 15.7 Å². The van der Waals surface area contributed by atoms with Crippen molar-refractivity contribution in [3.8, 4) is 0 Å². The van der Waals surface area contributed by atoms with Crippen LogP contribution in [0.15, 0.2) is 12.4 Å². The van der Waals surface area contributed by atoms with E-state index < -0.39 is 17.9 Å². The lowest BCUT2D eigenvalue weighted by Crippen LogP contribution is -2.53. The fourth-order valence-corrected chi connectivity index (χ4v) is 3.98. The smallest absolute Gasteiger partial charge is 0.379 e. The summed E-state index contributed by atoms with van der Waals surface area (Å²) in [6.45, 7) is 3.62. The van der Waals surface area contributed by atoms with Gasteiger partial charge in [-0.25, -0.2) is 15.0 Å². The summed E-state index contributed by atoms with van der Waals surface area (Å²) < 4.78 is 43.2. The monoisotopic (exact) mass is 466 g/mol. The Bertz CT molecular complexity index is 1030. The Hall–Kier alpha value is -3.22. The molecular formula is C20H25F3N8O2. The molecule has 0 saturated heterocycles. The maximum atomic E-state index is 12.6.